The monoisotopic (exact) mass is 699 g/mol. The summed E-state index contributed by atoms with van der Waals surface area (Å²) < 4.78 is 19.6. The van der Waals surface area contributed by atoms with Crippen molar-refractivity contribution in [2.24, 2.45) is 0 Å². The number of nitriles is 1. The zero-order valence-electron chi connectivity index (χ0n) is 27.3. The van der Waals surface area contributed by atoms with Gasteiger partial charge in [-0.15, -0.1) is 0 Å². The highest BCUT2D eigenvalue weighted by molar-refractivity contribution is 7.22. The number of hydrazine groups is 1. The van der Waals surface area contributed by atoms with Crippen LogP contribution in [0.5, 0.6) is 5.75 Å². The molecule has 3 aromatic carbocycles. The number of anilines is 1. The van der Waals surface area contributed by atoms with Crippen LogP contribution in [0.3, 0.4) is 0 Å². The molecule has 4 aromatic rings. The van der Waals surface area contributed by atoms with E-state index < -0.39 is 30.1 Å². The second-order valence-corrected chi connectivity index (χ2v) is 13.1. The van der Waals surface area contributed by atoms with E-state index in [1.54, 1.807) is 43.3 Å². The Labute approximate surface area is 291 Å². The zero-order valence-corrected chi connectivity index (χ0v) is 28.1. The molecule has 5 amide bonds. The van der Waals surface area contributed by atoms with E-state index in [4.69, 9.17) is 10.5 Å². The largest absolute Gasteiger partial charge is 0.414 e. The number of thiazole rings is 1. The molecule has 0 spiro atoms. The molecule has 2 atom stereocenters. The van der Waals surface area contributed by atoms with E-state index in [0.29, 0.717) is 27.5 Å². The Bertz CT molecular complexity index is 1960. The lowest BCUT2D eigenvalue weighted by Crippen LogP contribution is -2.66. The van der Waals surface area contributed by atoms with E-state index in [2.05, 4.69) is 10.3 Å². The number of hydrogen-bond acceptors (Lipinski definition) is 10. The average Bonchev–Trinajstić information content (AvgIpc) is 3.64. The van der Waals surface area contributed by atoms with Crippen molar-refractivity contribution in [1.29, 1.82) is 5.26 Å². The molecular formula is C34H34FN9O5S. The third-order valence-corrected chi connectivity index (χ3v) is 9.34. The lowest BCUT2D eigenvalue weighted by Gasteiger charge is -2.46. The van der Waals surface area contributed by atoms with Crippen LogP contribution in [0.1, 0.15) is 16.7 Å². The van der Waals surface area contributed by atoms with E-state index in [1.165, 1.54) is 55.4 Å². The molecule has 3 N–H and O–H groups in total. The Morgan fingerprint density at radius 1 is 1.10 bits per heavy atom. The van der Waals surface area contributed by atoms with Crippen molar-refractivity contribution in [2.75, 3.05) is 39.5 Å². The summed E-state index contributed by atoms with van der Waals surface area (Å²) in [5.74, 6) is -0.772. The van der Waals surface area contributed by atoms with Gasteiger partial charge in [0.15, 0.2) is 5.13 Å². The lowest BCUT2D eigenvalue weighted by atomic mass is 9.99. The van der Waals surface area contributed by atoms with E-state index in [0.717, 1.165) is 10.3 Å². The first-order valence-electron chi connectivity index (χ1n) is 15.7. The molecule has 0 unspecified atom stereocenters. The van der Waals surface area contributed by atoms with Crippen molar-refractivity contribution < 1.29 is 28.3 Å². The molecule has 50 heavy (non-hydrogen) atoms. The van der Waals surface area contributed by atoms with Crippen LogP contribution in [0.4, 0.5) is 19.1 Å². The number of carbonyl (C=O) groups excluding carboxylic acids is 4. The van der Waals surface area contributed by atoms with Gasteiger partial charge in [0, 0.05) is 33.6 Å². The van der Waals surface area contributed by atoms with Crippen LogP contribution in [0.2, 0.25) is 0 Å². The first kappa shape index (κ1) is 34.1. The van der Waals surface area contributed by atoms with Crippen LogP contribution in [-0.2, 0) is 29.1 Å². The number of hydrogen-bond donors (Lipinski definition) is 2. The quantitative estimate of drug-likeness (QED) is 0.250. The zero-order chi connectivity index (χ0) is 35.5. The van der Waals surface area contributed by atoms with Crippen LogP contribution in [0.25, 0.3) is 10.2 Å². The molecule has 0 aliphatic carbocycles. The van der Waals surface area contributed by atoms with Gasteiger partial charge in [0.1, 0.15) is 30.3 Å². The Kier molecular flexibility index (Phi) is 9.79. The smallest absolute Gasteiger partial charge is 0.410 e. The number of piperazine rings is 1. The molecule has 2 aliphatic rings. The van der Waals surface area contributed by atoms with Gasteiger partial charge < -0.3 is 30.5 Å². The summed E-state index contributed by atoms with van der Waals surface area (Å²) in [6.45, 7) is -0.340. The number of nitrogens with two attached hydrogens (primary N) is 1. The number of nitrogens with zero attached hydrogens (tertiary/aromatic N) is 7. The molecule has 16 heteroatoms. The number of carbonyl (C=O) groups is 4. The third kappa shape index (κ3) is 7.14. The van der Waals surface area contributed by atoms with Gasteiger partial charge in [-0.2, -0.15) is 10.3 Å². The van der Waals surface area contributed by atoms with Crippen molar-refractivity contribution in [3.05, 3.63) is 89.2 Å². The van der Waals surface area contributed by atoms with Gasteiger partial charge in [-0.25, -0.2) is 24.0 Å². The van der Waals surface area contributed by atoms with Crippen LogP contribution in [-0.4, -0.2) is 99.6 Å². The molecular weight excluding hydrogens is 665 g/mol. The molecule has 3 heterocycles. The molecule has 0 saturated carbocycles. The number of ether oxygens (including phenoxy) is 1. The summed E-state index contributed by atoms with van der Waals surface area (Å²) in [4.78, 5) is 62.5. The first-order valence-corrected chi connectivity index (χ1v) is 16.5. The number of aromatic nitrogens is 1. The maximum Gasteiger partial charge on any atom is 0.414 e. The van der Waals surface area contributed by atoms with Gasteiger partial charge in [0.25, 0.3) is 0 Å². The summed E-state index contributed by atoms with van der Waals surface area (Å²) in [5, 5.41) is 15.6. The Morgan fingerprint density at radius 3 is 2.52 bits per heavy atom. The Balaban J connectivity index is 1.29. The number of halogens is 1. The first-order chi connectivity index (χ1) is 24.0. The lowest BCUT2D eigenvalue weighted by molar-refractivity contribution is -0.157. The third-order valence-electron chi connectivity index (χ3n) is 8.49. The van der Waals surface area contributed by atoms with E-state index in [-0.39, 0.29) is 51.0 Å². The number of fused-ring (bicyclic) bond motifs is 2. The fourth-order valence-electron chi connectivity index (χ4n) is 6.07. The molecule has 6 rings (SSSR count). The van der Waals surface area contributed by atoms with Gasteiger partial charge in [-0.3, -0.25) is 9.59 Å². The van der Waals surface area contributed by atoms with Crippen LogP contribution in [0.15, 0.2) is 66.7 Å². The van der Waals surface area contributed by atoms with Crippen molar-refractivity contribution in [3.8, 4) is 11.8 Å². The maximum atomic E-state index is 14.3. The average molecular weight is 700 g/mol. The maximum absolute atomic E-state index is 14.3. The van der Waals surface area contributed by atoms with Gasteiger partial charge in [-0.1, -0.05) is 47.7 Å². The normalized spacial score (nSPS) is 17.4. The van der Waals surface area contributed by atoms with Crippen molar-refractivity contribution in [3.63, 3.8) is 0 Å². The minimum absolute atomic E-state index is 0.0453. The van der Waals surface area contributed by atoms with E-state index in [1.807, 2.05) is 24.3 Å². The molecule has 14 nitrogen and oxygen atoms in total. The summed E-state index contributed by atoms with van der Waals surface area (Å²) >= 11 is 1.34. The van der Waals surface area contributed by atoms with Crippen LogP contribution < -0.4 is 15.8 Å². The molecule has 2 fully saturated rings. The fraction of sp³-hybridized carbons (Fsp3) is 0.294. The predicted molar refractivity (Wildman–Crippen MR) is 181 cm³/mol. The van der Waals surface area contributed by atoms with E-state index >= 15 is 0 Å². The number of rotatable bonds is 9. The molecule has 258 valence electrons. The van der Waals surface area contributed by atoms with E-state index in [9.17, 15) is 28.8 Å². The predicted octanol–water partition coefficient (Wildman–Crippen LogP) is 3.15. The number of benzene rings is 3. The standard InChI is InChI=1S/C34H34FN9O5S/c1-40(2)34(48)49-25-12-8-21(9-13-25)16-26-31(46)41(18-23-4-3-5-27-30(23)39-32(37)50-27)19-28-43(20-29(45)44(26)28)42(15-14-36)33(47)38-17-22-6-10-24(35)11-7-22/h3-13,26,28H,15-20H2,1-2H3,(H2,37,39)(H,38,47)/t26-,28+/m0/s1. The SMILES string of the molecule is CN(C)C(=O)Oc1ccc(C[C@H]2C(=O)N(Cc3cccc4sc(N)nc34)C[C@H]3N2C(=O)CN3N(CC#N)C(=O)NCc2ccc(F)cc2)cc1. The minimum atomic E-state index is -0.952. The Hall–Kier alpha value is -5.79. The van der Waals surface area contributed by atoms with Crippen molar-refractivity contribution in [2.45, 2.75) is 31.7 Å². The molecule has 2 aliphatic heterocycles. The topological polar surface area (TPSA) is 168 Å². The number of para-hydroxylation sites is 1. The number of nitrogens with one attached hydrogen (secondary N) is 1. The van der Waals surface area contributed by atoms with Crippen LogP contribution in [0, 0.1) is 17.1 Å². The molecule has 1 aromatic heterocycles. The fourth-order valence-corrected chi connectivity index (χ4v) is 6.85. The molecule has 0 radical (unpaired) electrons. The second-order valence-electron chi connectivity index (χ2n) is 12.0. The summed E-state index contributed by atoms with van der Waals surface area (Å²) in [5.41, 5.74) is 8.80. The number of amides is 5. The molecule has 2 saturated heterocycles. The van der Waals surface area contributed by atoms with Crippen LogP contribution >= 0.6 is 11.3 Å². The van der Waals surface area contributed by atoms with Gasteiger partial charge in [0.05, 0.1) is 29.4 Å². The highest BCUT2D eigenvalue weighted by atomic mass is 32.1. The number of urea groups is 1. The van der Waals surface area contributed by atoms with Crippen molar-refractivity contribution >= 4 is 50.6 Å². The summed E-state index contributed by atoms with van der Waals surface area (Å²) in [7, 11) is 3.14. The second kappa shape index (κ2) is 14.4. The van der Waals surface area contributed by atoms with Gasteiger partial charge in [0.2, 0.25) is 11.8 Å². The van der Waals surface area contributed by atoms with Gasteiger partial charge >= 0.3 is 12.1 Å². The summed E-state index contributed by atoms with van der Waals surface area (Å²) in [6, 6.07) is 18.4. The molecule has 0 bridgehead atoms. The number of nitrogen functional groups attached to an aromatic ring is 1. The Morgan fingerprint density at radius 2 is 1.82 bits per heavy atom. The van der Waals surface area contributed by atoms with Gasteiger partial charge in [-0.05, 0) is 47.0 Å². The summed E-state index contributed by atoms with van der Waals surface area (Å²) in [6.07, 6.45) is -1.19. The minimum Gasteiger partial charge on any atom is -0.410 e. The van der Waals surface area contributed by atoms with Crippen molar-refractivity contribution in [1.82, 2.24) is 35.0 Å². The highest BCUT2D eigenvalue weighted by Crippen LogP contribution is 2.32. The highest BCUT2D eigenvalue weighted by Gasteiger charge is 2.52.